The Bertz CT molecular complexity index is 143. The molecule has 1 heterocycles. The van der Waals surface area contributed by atoms with Crippen LogP contribution in [-0.4, -0.2) is 18.0 Å². The fraction of sp³-hybridized carbons (Fsp3) is 0.250. The second-order valence-electron chi connectivity index (χ2n) is 1.93. The molecule has 0 aromatic heterocycles. The summed E-state index contributed by atoms with van der Waals surface area (Å²) in [7, 11) is 0. The van der Waals surface area contributed by atoms with Crippen LogP contribution in [0.3, 0.4) is 0 Å². The molecular weight excluding hydrogens is 110 g/mol. The molecule has 0 unspecified atom stereocenters. The van der Waals surface area contributed by atoms with Crippen LogP contribution in [0.25, 0.3) is 0 Å². The minimum Gasteiger partial charge on any atom is -0.370 e. The van der Waals surface area contributed by atoms with Gasteiger partial charge in [0, 0.05) is 19.3 Å². The van der Waals surface area contributed by atoms with Gasteiger partial charge in [-0.1, -0.05) is 12.2 Å². The van der Waals surface area contributed by atoms with E-state index in [2.05, 4.69) is 17.6 Å². The molecule has 0 saturated carbocycles. The zero-order valence-electron chi connectivity index (χ0n) is 5.38. The monoisotopic (exact) mass is 120 g/mol. The Balaban J connectivity index is 2.36. The smallest absolute Gasteiger partial charge is 0.0366 e. The predicted molar refractivity (Wildman–Crippen MR) is 38.7 cm³/mol. The van der Waals surface area contributed by atoms with E-state index in [1.807, 2.05) is 24.4 Å². The third kappa shape index (κ3) is 1.76. The lowest BCUT2D eigenvalue weighted by atomic mass is 10.3. The third-order valence-electron chi connectivity index (χ3n) is 1.19. The molecule has 1 aliphatic heterocycles. The number of hydrogen-bond acceptors (Lipinski definition) is 1. The fourth-order valence-corrected chi connectivity index (χ4v) is 0.749. The molecule has 0 spiro atoms. The van der Waals surface area contributed by atoms with E-state index in [-0.39, 0.29) is 0 Å². The fourth-order valence-electron chi connectivity index (χ4n) is 0.749. The van der Waals surface area contributed by atoms with E-state index in [4.69, 9.17) is 0 Å². The van der Waals surface area contributed by atoms with Crippen molar-refractivity contribution in [3.05, 3.63) is 37.1 Å². The lowest BCUT2D eigenvalue weighted by molar-refractivity contribution is 0.457. The molecule has 1 rings (SSSR count). The van der Waals surface area contributed by atoms with Crippen molar-refractivity contribution in [3.8, 4) is 0 Å². The normalized spacial score (nSPS) is 16.2. The van der Waals surface area contributed by atoms with E-state index < -0.39 is 0 Å². The van der Waals surface area contributed by atoms with Gasteiger partial charge in [0.25, 0.3) is 0 Å². The van der Waals surface area contributed by atoms with Gasteiger partial charge in [0.05, 0.1) is 0 Å². The van der Waals surface area contributed by atoms with Crippen LogP contribution in [0.2, 0.25) is 0 Å². The molecule has 0 aromatic carbocycles. The Morgan fingerprint density at radius 3 is 3.22 bits per heavy atom. The number of hydrogen-bond donors (Lipinski definition) is 0. The molecule has 1 radical (unpaired) electrons. The van der Waals surface area contributed by atoms with Crippen LogP contribution in [-0.2, 0) is 0 Å². The maximum Gasteiger partial charge on any atom is 0.0366 e. The molecule has 0 N–H and O–H groups in total. The Hall–Kier alpha value is -0.980. The van der Waals surface area contributed by atoms with Crippen LogP contribution in [0.15, 0.2) is 31.0 Å². The molecule has 0 bridgehead atoms. The molecule has 0 aromatic rings. The van der Waals surface area contributed by atoms with Crippen molar-refractivity contribution in [1.29, 1.82) is 0 Å². The summed E-state index contributed by atoms with van der Waals surface area (Å²) in [6, 6.07) is 0. The Morgan fingerprint density at radius 2 is 2.67 bits per heavy atom. The van der Waals surface area contributed by atoms with Crippen molar-refractivity contribution in [1.82, 2.24) is 4.90 Å². The van der Waals surface area contributed by atoms with E-state index >= 15 is 0 Å². The third-order valence-corrected chi connectivity index (χ3v) is 1.19. The SMILES string of the molecule is C=CCN1C=C[C]=CC1. The zero-order valence-corrected chi connectivity index (χ0v) is 5.38. The van der Waals surface area contributed by atoms with Crippen molar-refractivity contribution in [2.75, 3.05) is 13.1 Å². The van der Waals surface area contributed by atoms with E-state index in [1.54, 1.807) is 0 Å². The predicted octanol–water partition coefficient (Wildman–Crippen LogP) is 1.36. The maximum absolute atomic E-state index is 3.64. The quantitative estimate of drug-likeness (QED) is 0.497. The Morgan fingerprint density at radius 1 is 1.78 bits per heavy atom. The minimum absolute atomic E-state index is 0.925. The van der Waals surface area contributed by atoms with Crippen LogP contribution < -0.4 is 0 Å². The molecule has 0 amide bonds. The van der Waals surface area contributed by atoms with Gasteiger partial charge in [-0.3, -0.25) is 0 Å². The summed E-state index contributed by atoms with van der Waals surface area (Å²) in [5, 5.41) is 0. The second kappa shape index (κ2) is 3.13. The lowest BCUT2D eigenvalue weighted by Gasteiger charge is -2.17. The first-order chi connectivity index (χ1) is 4.43. The van der Waals surface area contributed by atoms with Gasteiger partial charge in [-0.25, -0.2) is 0 Å². The van der Waals surface area contributed by atoms with E-state index in [1.165, 1.54) is 0 Å². The molecule has 1 aliphatic rings. The van der Waals surface area contributed by atoms with Gasteiger partial charge in [0.1, 0.15) is 0 Å². The molecule has 0 saturated heterocycles. The first-order valence-electron chi connectivity index (χ1n) is 3.03. The largest absolute Gasteiger partial charge is 0.370 e. The molecule has 0 atom stereocenters. The average Bonchev–Trinajstić information content (AvgIpc) is 1.91. The summed E-state index contributed by atoms with van der Waals surface area (Å²) in [6.45, 7) is 5.53. The van der Waals surface area contributed by atoms with Crippen molar-refractivity contribution in [2.24, 2.45) is 0 Å². The summed E-state index contributed by atoms with van der Waals surface area (Å²) in [4.78, 5) is 2.16. The molecule has 0 aliphatic carbocycles. The molecule has 9 heavy (non-hydrogen) atoms. The summed E-state index contributed by atoms with van der Waals surface area (Å²) in [5.74, 6) is 0. The maximum atomic E-state index is 3.64. The topological polar surface area (TPSA) is 3.24 Å². The number of allylic oxidation sites excluding steroid dienone is 2. The standard InChI is InChI=1S/C8H10N/c1-2-6-9-7-4-3-5-8-9/h2,4-5,7H,1,6,8H2. The number of nitrogens with zero attached hydrogens (tertiary/aromatic N) is 1. The molecule has 47 valence electrons. The van der Waals surface area contributed by atoms with Crippen LogP contribution in [0.4, 0.5) is 0 Å². The van der Waals surface area contributed by atoms with Gasteiger partial charge in [-0.05, 0) is 12.2 Å². The summed E-state index contributed by atoms with van der Waals surface area (Å²) >= 11 is 0. The van der Waals surface area contributed by atoms with Gasteiger partial charge >= 0.3 is 0 Å². The molecule has 0 fully saturated rings. The van der Waals surface area contributed by atoms with Crippen molar-refractivity contribution in [3.63, 3.8) is 0 Å². The summed E-state index contributed by atoms with van der Waals surface area (Å²) in [5.41, 5.74) is 0. The van der Waals surface area contributed by atoms with E-state index in [0.29, 0.717) is 0 Å². The van der Waals surface area contributed by atoms with Gasteiger partial charge in [0.2, 0.25) is 0 Å². The molecule has 1 heteroatoms. The van der Waals surface area contributed by atoms with Crippen LogP contribution in [0.1, 0.15) is 0 Å². The molecule has 1 nitrogen and oxygen atoms in total. The van der Waals surface area contributed by atoms with Crippen LogP contribution >= 0.6 is 0 Å². The average molecular weight is 120 g/mol. The Kier molecular flexibility index (Phi) is 2.13. The van der Waals surface area contributed by atoms with Gasteiger partial charge < -0.3 is 4.90 Å². The Labute approximate surface area is 56.0 Å². The lowest BCUT2D eigenvalue weighted by Crippen LogP contribution is -2.18. The van der Waals surface area contributed by atoms with Crippen LogP contribution in [0.5, 0.6) is 0 Å². The van der Waals surface area contributed by atoms with Crippen molar-refractivity contribution in [2.45, 2.75) is 0 Å². The van der Waals surface area contributed by atoms with E-state index in [9.17, 15) is 0 Å². The number of rotatable bonds is 2. The zero-order chi connectivity index (χ0) is 6.53. The molecular formula is C8H10N. The summed E-state index contributed by atoms with van der Waals surface area (Å²) in [6.07, 6.45) is 10.8. The second-order valence-corrected chi connectivity index (χ2v) is 1.93. The first kappa shape index (κ1) is 6.14. The van der Waals surface area contributed by atoms with E-state index in [0.717, 1.165) is 13.1 Å². The minimum atomic E-state index is 0.925. The van der Waals surface area contributed by atoms with Crippen LogP contribution in [0, 0.1) is 6.08 Å². The first-order valence-corrected chi connectivity index (χ1v) is 3.03. The van der Waals surface area contributed by atoms with Gasteiger partial charge in [-0.15, -0.1) is 6.58 Å². The highest BCUT2D eigenvalue weighted by molar-refractivity contribution is 5.03. The van der Waals surface area contributed by atoms with Gasteiger partial charge in [-0.2, -0.15) is 0 Å². The highest BCUT2D eigenvalue weighted by atomic mass is 15.1. The van der Waals surface area contributed by atoms with Crippen molar-refractivity contribution >= 4 is 0 Å². The summed E-state index contributed by atoms with van der Waals surface area (Å²) < 4.78 is 0. The van der Waals surface area contributed by atoms with Crippen molar-refractivity contribution < 1.29 is 0 Å². The van der Waals surface area contributed by atoms with Gasteiger partial charge in [0.15, 0.2) is 0 Å². The highest BCUT2D eigenvalue weighted by Crippen LogP contribution is 1.95. The highest BCUT2D eigenvalue weighted by Gasteiger charge is 1.93.